The molecule has 16 heavy (non-hydrogen) atoms. The van der Waals surface area contributed by atoms with Gasteiger partial charge in [-0.15, -0.1) is 0 Å². The maximum atomic E-state index is 11.2. The standard InChI is InChI=1S/C11H21BrN2O2/c1-9(12)8-13-6-5-7-14-10(15)16-11(2,3)4/h13H,1,5-8H2,2-4H3,(H,14,15). The molecular weight excluding hydrogens is 272 g/mol. The number of hydrogen-bond donors (Lipinski definition) is 2. The van der Waals surface area contributed by atoms with Crippen molar-refractivity contribution in [3.05, 3.63) is 11.1 Å². The second-order valence-electron chi connectivity index (χ2n) is 4.48. The monoisotopic (exact) mass is 292 g/mol. The van der Waals surface area contributed by atoms with Gasteiger partial charge in [0.1, 0.15) is 5.60 Å². The molecule has 0 aliphatic carbocycles. The van der Waals surface area contributed by atoms with E-state index in [4.69, 9.17) is 4.74 Å². The van der Waals surface area contributed by atoms with Crippen LogP contribution in [0, 0.1) is 0 Å². The highest BCUT2D eigenvalue weighted by atomic mass is 79.9. The molecule has 0 heterocycles. The first-order chi connectivity index (χ1) is 7.31. The Hall–Kier alpha value is -0.550. The third kappa shape index (κ3) is 11.5. The number of carbonyl (C=O) groups is 1. The molecule has 0 aromatic rings. The lowest BCUT2D eigenvalue weighted by molar-refractivity contribution is 0.0527. The second-order valence-corrected chi connectivity index (χ2v) is 5.60. The Labute approximate surface area is 106 Å². The Kier molecular flexibility index (Phi) is 7.42. The first kappa shape index (κ1) is 15.4. The molecule has 94 valence electrons. The van der Waals surface area contributed by atoms with Crippen LogP contribution in [0.5, 0.6) is 0 Å². The van der Waals surface area contributed by atoms with Crippen molar-refractivity contribution >= 4 is 22.0 Å². The van der Waals surface area contributed by atoms with Gasteiger partial charge in [-0.05, 0) is 33.7 Å². The van der Waals surface area contributed by atoms with E-state index in [0.29, 0.717) is 6.54 Å². The van der Waals surface area contributed by atoms with E-state index in [1.54, 1.807) is 0 Å². The van der Waals surface area contributed by atoms with Crippen LogP contribution in [0.4, 0.5) is 4.79 Å². The van der Waals surface area contributed by atoms with Gasteiger partial charge >= 0.3 is 6.09 Å². The van der Waals surface area contributed by atoms with Gasteiger partial charge in [-0.1, -0.05) is 22.5 Å². The maximum Gasteiger partial charge on any atom is 0.407 e. The quantitative estimate of drug-likeness (QED) is 0.739. The van der Waals surface area contributed by atoms with Crippen LogP contribution in [0.3, 0.4) is 0 Å². The molecule has 0 radical (unpaired) electrons. The number of alkyl carbamates (subject to hydrolysis) is 1. The van der Waals surface area contributed by atoms with Gasteiger partial charge in [-0.3, -0.25) is 0 Å². The fraction of sp³-hybridized carbons (Fsp3) is 0.727. The first-order valence-corrected chi connectivity index (χ1v) is 6.11. The number of amides is 1. The molecule has 0 bridgehead atoms. The molecule has 0 spiro atoms. The number of halogens is 1. The zero-order valence-corrected chi connectivity index (χ0v) is 11.8. The van der Waals surface area contributed by atoms with Crippen molar-refractivity contribution in [3.8, 4) is 0 Å². The highest BCUT2D eigenvalue weighted by molar-refractivity contribution is 9.11. The van der Waals surface area contributed by atoms with Crippen molar-refractivity contribution in [2.45, 2.75) is 32.8 Å². The molecule has 0 unspecified atom stereocenters. The molecule has 0 atom stereocenters. The summed E-state index contributed by atoms with van der Waals surface area (Å²) in [4.78, 5) is 11.2. The van der Waals surface area contributed by atoms with Crippen LogP contribution in [0.15, 0.2) is 11.1 Å². The van der Waals surface area contributed by atoms with Crippen molar-refractivity contribution in [2.24, 2.45) is 0 Å². The molecular formula is C11H21BrN2O2. The zero-order chi connectivity index (χ0) is 12.6. The summed E-state index contributed by atoms with van der Waals surface area (Å²) in [7, 11) is 0. The minimum absolute atomic E-state index is 0.364. The zero-order valence-electron chi connectivity index (χ0n) is 10.2. The van der Waals surface area contributed by atoms with Crippen LogP contribution in [0.2, 0.25) is 0 Å². The lowest BCUT2D eigenvalue weighted by atomic mass is 10.2. The lowest BCUT2D eigenvalue weighted by Crippen LogP contribution is -2.34. The number of ether oxygens (including phenoxy) is 1. The summed E-state index contributed by atoms with van der Waals surface area (Å²) in [6.45, 7) is 11.4. The van der Waals surface area contributed by atoms with Crippen molar-refractivity contribution < 1.29 is 9.53 Å². The van der Waals surface area contributed by atoms with Gasteiger partial charge in [0, 0.05) is 17.6 Å². The Morgan fingerprint density at radius 1 is 1.38 bits per heavy atom. The molecule has 1 amide bonds. The molecule has 0 fully saturated rings. The fourth-order valence-electron chi connectivity index (χ4n) is 0.942. The smallest absolute Gasteiger partial charge is 0.407 e. The summed E-state index contributed by atoms with van der Waals surface area (Å²) in [5.41, 5.74) is -0.434. The molecule has 0 aromatic heterocycles. The molecule has 0 rings (SSSR count). The van der Waals surface area contributed by atoms with E-state index in [1.165, 1.54) is 0 Å². The number of nitrogens with one attached hydrogen (secondary N) is 2. The second kappa shape index (κ2) is 7.68. The molecule has 5 heteroatoms. The number of carbonyl (C=O) groups excluding carboxylic acids is 1. The van der Waals surface area contributed by atoms with E-state index in [2.05, 4.69) is 33.1 Å². The van der Waals surface area contributed by atoms with Gasteiger partial charge in [0.05, 0.1) is 0 Å². The van der Waals surface area contributed by atoms with Gasteiger partial charge in [0.2, 0.25) is 0 Å². The van der Waals surface area contributed by atoms with Gasteiger partial charge in [-0.2, -0.15) is 0 Å². The molecule has 0 aromatic carbocycles. The van der Waals surface area contributed by atoms with Gasteiger partial charge < -0.3 is 15.4 Å². The summed E-state index contributed by atoms with van der Waals surface area (Å²) in [5.74, 6) is 0. The van der Waals surface area contributed by atoms with Crippen molar-refractivity contribution in [3.63, 3.8) is 0 Å². The van der Waals surface area contributed by atoms with Gasteiger partial charge in [0.25, 0.3) is 0 Å². The summed E-state index contributed by atoms with van der Waals surface area (Å²) < 4.78 is 6.01. The Bertz CT molecular complexity index is 237. The summed E-state index contributed by atoms with van der Waals surface area (Å²) in [5, 5.41) is 5.86. The Balaban J connectivity index is 3.38. The largest absolute Gasteiger partial charge is 0.444 e. The van der Waals surface area contributed by atoms with Crippen LogP contribution in [-0.4, -0.2) is 31.3 Å². The van der Waals surface area contributed by atoms with E-state index >= 15 is 0 Å². The number of rotatable bonds is 6. The average molecular weight is 293 g/mol. The van der Waals surface area contributed by atoms with E-state index in [-0.39, 0.29) is 6.09 Å². The maximum absolute atomic E-state index is 11.2. The van der Waals surface area contributed by atoms with E-state index in [1.807, 2.05) is 20.8 Å². The summed E-state index contributed by atoms with van der Waals surface area (Å²) in [6, 6.07) is 0. The van der Waals surface area contributed by atoms with Gasteiger partial charge in [0.15, 0.2) is 0 Å². The SMILES string of the molecule is C=C(Br)CNCCCNC(=O)OC(C)(C)C. The highest BCUT2D eigenvalue weighted by Gasteiger charge is 2.15. The minimum Gasteiger partial charge on any atom is -0.444 e. The topological polar surface area (TPSA) is 50.4 Å². The Morgan fingerprint density at radius 3 is 2.50 bits per heavy atom. The van der Waals surface area contributed by atoms with Crippen LogP contribution >= 0.6 is 15.9 Å². The highest BCUT2D eigenvalue weighted by Crippen LogP contribution is 2.06. The normalized spacial score (nSPS) is 11.0. The van der Waals surface area contributed by atoms with E-state index in [0.717, 1.165) is 24.0 Å². The molecule has 0 aliphatic rings. The average Bonchev–Trinajstić information content (AvgIpc) is 2.07. The molecule has 0 saturated carbocycles. The number of hydrogen-bond acceptors (Lipinski definition) is 3. The fourth-order valence-corrected chi connectivity index (χ4v) is 1.14. The Morgan fingerprint density at radius 2 is 2.00 bits per heavy atom. The molecule has 0 aliphatic heterocycles. The lowest BCUT2D eigenvalue weighted by Gasteiger charge is -2.19. The van der Waals surface area contributed by atoms with E-state index in [9.17, 15) is 4.79 Å². The van der Waals surface area contributed by atoms with Crippen LogP contribution in [0.1, 0.15) is 27.2 Å². The van der Waals surface area contributed by atoms with Crippen LogP contribution in [-0.2, 0) is 4.74 Å². The molecule has 0 saturated heterocycles. The third-order valence-electron chi connectivity index (χ3n) is 1.52. The summed E-state index contributed by atoms with van der Waals surface area (Å²) >= 11 is 3.25. The van der Waals surface area contributed by atoms with Crippen LogP contribution in [0.25, 0.3) is 0 Å². The molecule has 2 N–H and O–H groups in total. The predicted molar refractivity (Wildman–Crippen MR) is 69.8 cm³/mol. The van der Waals surface area contributed by atoms with Crippen molar-refractivity contribution in [1.29, 1.82) is 0 Å². The van der Waals surface area contributed by atoms with Crippen molar-refractivity contribution in [2.75, 3.05) is 19.6 Å². The molecule has 4 nitrogen and oxygen atoms in total. The first-order valence-electron chi connectivity index (χ1n) is 5.32. The van der Waals surface area contributed by atoms with Crippen LogP contribution < -0.4 is 10.6 Å². The van der Waals surface area contributed by atoms with Crippen molar-refractivity contribution in [1.82, 2.24) is 10.6 Å². The summed E-state index contributed by atoms with van der Waals surface area (Å²) in [6.07, 6.45) is 0.497. The predicted octanol–water partition coefficient (Wildman–Crippen LogP) is 2.40. The van der Waals surface area contributed by atoms with Gasteiger partial charge in [-0.25, -0.2) is 4.79 Å². The third-order valence-corrected chi connectivity index (χ3v) is 1.80. The minimum atomic E-state index is -0.434. The van der Waals surface area contributed by atoms with E-state index < -0.39 is 5.60 Å².